The fraction of sp³-hybridized carbons (Fsp3) is 0.0625. The van der Waals surface area contributed by atoms with Gasteiger partial charge >= 0.3 is 0 Å². The zero-order chi connectivity index (χ0) is 15.9. The molecule has 0 saturated heterocycles. The Bertz CT molecular complexity index is 909. The lowest BCUT2D eigenvalue weighted by Crippen LogP contribution is -2.01. The van der Waals surface area contributed by atoms with E-state index in [1.54, 1.807) is 12.1 Å². The summed E-state index contributed by atoms with van der Waals surface area (Å²) in [7, 11) is 1.32. The molecule has 0 fully saturated rings. The molecule has 0 spiro atoms. The first-order valence-corrected chi connectivity index (χ1v) is 6.37. The average molecular weight is 300 g/mol. The highest BCUT2D eigenvalue weighted by Gasteiger charge is 2.18. The molecule has 3 N–H and O–H groups in total. The van der Waals surface area contributed by atoms with Crippen molar-refractivity contribution in [2.45, 2.75) is 0 Å². The van der Waals surface area contributed by atoms with E-state index in [-0.39, 0.29) is 39.7 Å². The minimum absolute atomic E-state index is 0.00370. The van der Waals surface area contributed by atoms with Crippen LogP contribution in [-0.4, -0.2) is 22.4 Å². The van der Waals surface area contributed by atoms with Crippen LogP contribution in [0.15, 0.2) is 45.6 Å². The normalized spacial score (nSPS) is 10.8. The first-order chi connectivity index (χ1) is 10.5. The predicted molar refractivity (Wildman–Crippen MR) is 79.5 cm³/mol. The molecule has 0 unspecified atom stereocenters. The maximum Gasteiger partial charge on any atom is 0.202 e. The Labute approximate surface area is 124 Å². The van der Waals surface area contributed by atoms with E-state index in [2.05, 4.69) is 0 Å². The molecule has 0 atom stereocenters. The highest BCUT2D eigenvalue weighted by molar-refractivity contribution is 5.91. The van der Waals surface area contributed by atoms with Crippen molar-refractivity contribution < 1.29 is 24.5 Å². The third-order valence-corrected chi connectivity index (χ3v) is 3.29. The van der Waals surface area contributed by atoms with Gasteiger partial charge in [-0.05, 0) is 24.3 Å². The zero-order valence-corrected chi connectivity index (χ0v) is 11.5. The largest absolute Gasteiger partial charge is 0.508 e. The van der Waals surface area contributed by atoms with Gasteiger partial charge in [0.25, 0.3) is 0 Å². The Morgan fingerprint density at radius 3 is 2.36 bits per heavy atom. The van der Waals surface area contributed by atoms with Gasteiger partial charge in [-0.2, -0.15) is 0 Å². The maximum absolute atomic E-state index is 12.2. The van der Waals surface area contributed by atoms with Crippen LogP contribution in [0.5, 0.6) is 23.0 Å². The van der Waals surface area contributed by atoms with Gasteiger partial charge in [0, 0.05) is 17.7 Å². The topological polar surface area (TPSA) is 100 Å². The third-order valence-electron chi connectivity index (χ3n) is 3.29. The van der Waals surface area contributed by atoms with E-state index in [0.717, 1.165) is 6.07 Å². The number of benzene rings is 2. The fourth-order valence-electron chi connectivity index (χ4n) is 2.20. The summed E-state index contributed by atoms with van der Waals surface area (Å²) in [6, 6.07) is 8.38. The molecule has 112 valence electrons. The lowest BCUT2D eigenvalue weighted by molar-refractivity contribution is 0.367. The summed E-state index contributed by atoms with van der Waals surface area (Å²) in [5.41, 5.74) is -0.120. The van der Waals surface area contributed by atoms with Crippen molar-refractivity contribution in [1.82, 2.24) is 0 Å². The quantitative estimate of drug-likeness (QED) is 0.629. The summed E-state index contributed by atoms with van der Waals surface area (Å²) in [5.74, 6) is -0.436. The number of fused-ring (bicyclic) bond motifs is 1. The number of aromatic hydroxyl groups is 3. The van der Waals surface area contributed by atoms with Gasteiger partial charge in [0.1, 0.15) is 22.6 Å². The number of ether oxygens (including phenoxy) is 1. The monoisotopic (exact) mass is 300 g/mol. The fourth-order valence-corrected chi connectivity index (χ4v) is 2.20. The number of methoxy groups -OCH3 is 1. The van der Waals surface area contributed by atoms with Crippen molar-refractivity contribution in [1.29, 1.82) is 0 Å². The van der Waals surface area contributed by atoms with Gasteiger partial charge in [0.15, 0.2) is 16.8 Å². The van der Waals surface area contributed by atoms with Crippen molar-refractivity contribution in [2.24, 2.45) is 0 Å². The summed E-state index contributed by atoms with van der Waals surface area (Å²) in [5, 5.41) is 29.2. The van der Waals surface area contributed by atoms with Gasteiger partial charge in [0.05, 0.1) is 7.11 Å². The van der Waals surface area contributed by atoms with Gasteiger partial charge in [-0.3, -0.25) is 4.79 Å². The van der Waals surface area contributed by atoms with Gasteiger partial charge in [-0.25, -0.2) is 0 Å². The SMILES string of the molecule is COc1cc(O)c2c(=O)cc(-c3ccc(O)cc3)oc2c1O. The van der Waals surface area contributed by atoms with Gasteiger partial charge in [-0.1, -0.05) is 0 Å². The van der Waals surface area contributed by atoms with E-state index < -0.39 is 5.43 Å². The summed E-state index contributed by atoms with van der Waals surface area (Å²) in [4.78, 5) is 12.2. The molecule has 0 aliphatic heterocycles. The van der Waals surface area contributed by atoms with E-state index in [9.17, 15) is 20.1 Å². The molecule has 0 saturated carbocycles. The lowest BCUT2D eigenvalue weighted by atomic mass is 10.1. The number of phenols is 3. The molecule has 3 aromatic rings. The predicted octanol–water partition coefficient (Wildman–Crippen LogP) is 2.59. The van der Waals surface area contributed by atoms with Crippen molar-refractivity contribution in [3.8, 4) is 34.3 Å². The number of phenolic OH excluding ortho intramolecular Hbond substituents is 3. The van der Waals surface area contributed by atoms with E-state index >= 15 is 0 Å². The van der Waals surface area contributed by atoms with Gasteiger partial charge in [0.2, 0.25) is 5.75 Å². The van der Waals surface area contributed by atoms with Crippen LogP contribution >= 0.6 is 0 Å². The minimum Gasteiger partial charge on any atom is -0.508 e. The van der Waals surface area contributed by atoms with Gasteiger partial charge < -0.3 is 24.5 Å². The highest BCUT2D eigenvalue weighted by atomic mass is 16.5. The second-order valence-corrected chi connectivity index (χ2v) is 4.67. The Hall–Kier alpha value is -3.15. The first-order valence-electron chi connectivity index (χ1n) is 6.37. The van der Waals surface area contributed by atoms with Gasteiger partial charge in [-0.15, -0.1) is 0 Å². The van der Waals surface area contributed by atoms with Crippen molar-refractivity contribution in [2.75, 3.05) is 7.11 Å². The van der Waals surface area contributed by atoms with Crippen molar-refractivity contribution in [3.05, 3.63) is 46.6 Å². The second-order valence-electron chi connectivity index (χ2n) is 4.67. The molecule has 6 heteroatoms. The number of hydrogen-bond donors (Lipinski definition) is 3. The van der Waals surface area contributed by atoms with E-state index in [0.29, 0.717) is 5.56 Å². The molecule has 0 aliphatic carbocycles. The van der Waals surface area contributed by atoms with Crippen LogP contribution in [0.1, 0.15) is 0 Å². The molecule has 0 bridgehead atoms. The van der Waals surface area contributed by atoms with Crippen molar-refractivity contribution >= 4 is 11.0 Å². The Morgan fingerprint density at radius 2 is 1.73 bits per heavy atom. The molecule has 0 radical (unpaired) electrons. The highest BCUT2D eigenvalue weighted by Crippen LogP contribution is 2.40. The van der Waals surface area contributed by atoms with Crippen LogP contribution in [0.2, 0.25) is 0 Å². The van der Waals surface area contributed by atoms with E-state index in [4.69, 9.17) is 9.15 Å². The molecule has 0 aliphatic rings. The minimum atomic E-state index is -0.500. The lowest BCUT2D eigenvalue weighted by Gasteiger charge is -2.09. The first kappa shape index (κ1) is 13.8. The standard InChI is InChI=1S/C16H12O6/c1-21-13-7-11(19)14-10(18)6-12(22-16(14)15(13)20)8-2-4-9(17)5-3-8/h2-7,17,19-20H,1H3. The molecule has 22 heavy (non-hydrogen) atoms. The Kier molecular flexibility index (Phi) is 3.14. The summed E-state index contributed by atoms with van der Waals surface area (Å²) in [6.45, 7) is 0. The molecule has 1 heterocycles. The molecule has 6 nitrogen and oxygen atoms in total. The van der Waals surface area contributed by atoms with Crippen LogP contribution in [-0.2, 0) is 0 Å². The van der Waals surface area contributed by atoms with Crippen LogP contribution in [0.4, 0.5) is 0 Å². The van der Waals surface area contributed by atoms with Crippen LogP contribution in [0, 0.1) is 0 Å². The molecule has 2 aromatic carbocycles. The maximum atomic E-state index is 12.2. The smallest absolute Gasteiger partial charge is 0.202 e. The van der Waals surface area contributed by atoms with Crippen LogP contribution in [0.3, 0.4) is 0 Å². The summed E-state index contributed by atoms with van der Waals surface area (Å²) < 4.78 is 10.5. The van der Waals surface area contributed by atoms with Crippen LogP contribution < -0.4 is 10.2 Å². The molecule has 1 aromatic heterocycles. The number of hydrogen-bond acceptors (Lipinski definition) is 6. The Balaban J connectivity index is 2.34. The summed E-state index contributed by atoms with van der Waals surface area (Å²) >= 11 is 0. The molecule has 3 rings (SSSR count). The third kappa shape index (κ3) is 2.10. The van der Waals surface area contributed by atoms with Crippen molar-refractivity contribution in [3.63, 3.8) is 0 Å². The Morgan fingerprint density at radius 1 is 1.05 bits per heavy atom. The summed E-state index contributed by atoms with van der Waals surface area (Å²) in [6.07, 6.45) is 0. The van der Waals surface area contributed by atoms with Crippen LogP contribution in [0.25, 0.3) is 22.3 Å². The molecular formula is C16H12O6. The zero-order valence-electron chi connectivity index (χ0n) is 11.5. The van der Waals surface area contributed by atoms with E-state index in [1.807, 2.05) is 0 Å². The second kappa shape index (κ2) is 5.00. The van der Waals surface area contributed by atoms with E-state index in [1.165, 1.54) is 25.3 Å². The number of rotatable bonds is 2. The molecule has 0 amide bonds. The average Bonchev–Trinajstić information content (AvgIpc) is 2.50. The molecular weight excluding hydrogens is 288 g/mol.